The summed E-state index contributed by atoms with van der Waals surface area (Å²) < 4.78 is 18.2. The number of hydrogen-bond donors (Lipinski definition) is 0. The fraction of sp³-hybridized carbons (Fsp3) is 0.529. The second kappa shape index (κ2) is 7.34. The fourth-order valence-electron chi connectivity index (χ4n) is 1.76. The Morgan fingerprint density at radius 2 is 1.86 bits per heavy atom. The van der Waals surface area contributed by atoms with Gasteiger partial charge in [-0.3, -0.25) is 4.99 Å². The van der Waals surface area contributed by atoms with E-state index in [9.17, 15) is 9.18 Å². The van der Waals surface area contributed by atoms with Crippen molar-refractivity contribution in [1.82, 2.24) is 0 Å². The van der Waals surface area contributed by atoms with Crippen molar-refractivity contribution in [2.45, 2.75) is 52.7 Å². The molecule has 4 heteroatoms. The molecular weight excluding hydrogens is 269 g/mol. The van der Waals surface area contributed by atoms with Crippen molar-refractivity contribution >= 4 is 12.2 Å². The van der Waals surface area contributed by atoms with Gasteiger partial charge in [-0.25, -0.2) is 9.18 Å². The van der Waals surface area contributed by atoms with Crippen LogP contribution in [0, 0.1) is 11.7 Å². The average Bonchev–Trinajstić information content (AvgIpc) is 2.33. The molecule has 1 aromatic carbocycles. The van der Waals surface area contributed by atoms with Gasteiger partial charge in [0, 0.05) is 6.21 Å². The second-order valence-corrected chi connectivity index (χ2v) is 6.51. The van der Waals surface area contributed by atoms with Crippen LogP contribution in [0.2, 0.25) is 0 Å². The Morgan fingerprint density at radius 1 is 1.29 bits per heavy atom. The second-order valence-electron chi connectivity index (χ2n) is 6.51. The van der Waals surface area contributed by atoms with Crippen LogP contribution in [0.3, 0.4) is 0 Å². The zero-order valence-corrected chi connectivity index (χ0v) is 13.4. The minimum Gasteiger partial charge on any atom is -0.458 e. The van der Waals surface area contributed by atoms with E-state index in [0.717, 1.165) is 5.56 Å². The molecule has 0 heterocycles. The summed E-state index contributed by atoms with van der Waals surface area (Å²) >= 11 is 0. The number of carbonyl (C=O) groups is 1. The lowest BCUT2D eigenvalue weighted by atomic mass is 10.0. The standard InChI is InChI=1S/C17H24FNO2/c1-12(2)10-15(16(20)21-17(3,4)5)19-11-13-6-8-14(18)9-7-13/h6-9,11-12,15H,10H2,1-5H3. The summed E-state index contributed by atoms with van der Waals surface area (Å²) in [5, 5.41) is 0. The van der Waals surface area contributed by atoms with Gasteiger partial charge in [-0.05, 0) is 50.8 Å². The fourth-order valence-corrected chi connectivity index (χ4v) is 1.76. The molecule has 0 bridgehead atoms. The first kappa shape index (κ1) is 17.3. The number of benzene rings is 1. The van der Waals surface area contributed by atoms with Crippen LogP contribution in [0.5, 0.6) is 0 Å². The van der Waals surface area contributed by atoms with Crippen molar-refractivity contribution in [3.05, 3.63) is 35.6 Å². The molecule has 0 N–H and O–H groups in total. The molecule has 0 aromatic heterocycles. The van der Waals surface area contributed by atoms with E-state index in [-0.39, 0.29) is 11.8 Å². The molecule has 1 rings (SSSR count). The zero-order valence-electron chi connectivity index (χ0n) is 13.4. The van der Waals surface area contributed by atoms with Crippen LogP contribution in [-0.2, 0) is 9.53 Å². The first-order valence-corrected chi connectivity index (χ1v) is 7.19. The maximum absolute atomic E-state index is 12.9. The summed E-state index contributed by atoms with van der Waals surface area (Å²) in [5.74, 6) is -0.291. The van der Waals surface area contributed by atoms with Crippen molar-refractivity contribution < 1.29 is 13.9 Å². The highest BCUT2D eigenvalue weighted by atomic mass is 19.1. The van der Waals surface area contributed by atoms with Gasteiger partial charge in [0.05, 0.1) is 0 Å². The van der Waals surface area contributed by atoms with E-state index in [2.05, 4.69) is 4.99 Å². The Kier molecular flexibility index (Phi) is 6.06. The highest BCUT2D eigenvalue weighted by molar-refractivity contribution is 5.84. The van der Waals surface area contributed by atoms with Crippen LogP contribution >= 0.6 is 0 Å². The van der Waals surface area contributed by atoms with E-state index >= 15 is 0 Å². The molecule has 1 atom stereocenters. The Hall–Kier alpha value is -1.71. The van der Waals surface area contributed by atoms with Crippen LogP contribution in [0.4, 0.5) is 4.39 Å². The van der Waals surface area contributed by atoms with Gasteiger partial charge in [0.15, 0.2) is 0 Å². The number of rotatable bonds is 5. The molecule has 0 aliphatic heterocycles. The lowest BCUT2D eigenvalue weighted by Gasteiger charge is -2.23. The Morgan fingerprint density at radius 3 is 2.33 bits per heavy atom. The molecule has 0 saturated heterocycles. The van der Waals surface area contributed by atoms with Gasteiger partial charge in [0.25, 0.3) is 0 Å². The van der Waals surface area contributed by atoms with E-state index in [1.165, 1.54) is 12.1 Å². The summed E-state index contributed by atoms with van der Waals surface area (Å²) in [5.41, 5.74) is 0.228. The third-order valence-corrected chi connectivity index (χ3v) is 2.65. The van der Waals surface area contributed by atoms with Crippen molar-refractivity contribution in [1.29, 1.82) is 0 Å². The normalized spacial score (nSPS) is 13.7. The van der Waals surface area contributed by atoms with E-state index in [4.69, 9.17) is 4.74 Å². The van der Waals surface area contributed by atoms with Gasteiger partial charge in [-0.2, -0.15) is 0 Å². The van der Waals surface area contributed by atoms with Crippen LogP contribution < -0.4 is 0 Å². The molecule has 1 unspecified atom stereocenters. The highest BCUT2D eigenvalue weighted by Gasteiger charge is 2.24. The number of esters is 1. The van der Waals surface area contributed by atoms with Gasteiger partial charge < -0.3 is 4.74 Å². The summed E-state index contributed by atoms with van der Waals surface area (Å²) in [6.07, 6.45) is 2.21. The Labute approximate surface area is 126 Å². The first-order valence-electron chi connectivity index (χ1n) is 7.19. The predicted octanol–water partition coefficient (Wildman–Crippen LogP) is 4.00. The summed E-state index contributed by atoms with van der Waals surface area (Å²) in [6.45, 7) is 9.57. The molecular formula is C17H24FNO2. The lowest BCUT2D eigenvalue weighted by molar-refractivity contribution is -0.156. The number of nitrogens with zero attached hydrogens (tertiary/aromatic N) is 1. The minimum absolute atomic E-state index is 0.293. The van der Waals surface area contributed by atoms with Crippen LogP contribution in [0.25, 0.3) is 0 Å². The Balaban J connectivity index is 2.82. The largest absolute Gasteiger partial charge is 0.458 e. The van der Waals surface area contributed by atoms with Gasteiger partial charge in [-0.1, -0.05) is 26.0 Å². The van der Waals surface area contributed by atoms with E-state index in [1.807, 2.05) is 34.6 Å². The van der Waals surface area contributed by atoms with Crippen LogP contribution in [-0.4, -0.2) is 23.8 Å². The molecule has 3 nitrogen and oxygen atoms in total. The maximum atomic E-state index is 12.9. The van der Waals surface area contributed by atoms with Crippen LogP contribution in [0.15, 0.2) is 29.3 Å². The van der Waals surface area contributed by atoms with E-state index in [0.29, 0.717) is 12.3 Å². The molecule has 0 fully saturated rings. The average molecular weight is 293 g/mol. The number of carbonyl (C=O) groups excluding carboxylic acids is 1. The monoisotopic (exact) mass is 293 g/mol. The summed E-state index contributed by atoms with van der Waals surface area (Å²) in [6, 6.07) is 5.45. The highest BCUT2D eigenvalue weighted by Crippen LogP contribution is 2.15. The molecule has 0 radical (unpaired) electrons. The van der Waals surface area contributed by atoms with E-state index in [1.54, 1.807) is 18.3 Å². The van der Waals surface area contributed by atoms with Crippen molar-refractivity contribution in [2.24, 2.45) is 10.9 Å². The quantitative estimate of drug-likeness (QED) is 0.608. The number of hydrogen-bond acceptors (Lipinski definition) is 3. The van der Waals surface area contributed by atoms with Crippen molar-refractivity contribution in [2.75, 3.05) is 0 Å². The topological polar surface area (TPSA) is 38.7 Å². The van der Waals surface area contributed by atoms with Crippen molar-refractivity contribution in [3.63, 3.8) is 0 Å². The van der Waals surface area contributed by atoms with Gasteiger partial charge in [0.2, 0.25) is 0 Å². The number of halogens is 1. The first-order chi connectivity index (χ1) is 9.67. The van der Waals surface area contributed by atoms with Crippen LogP contribution in [0.1, 0.15) is 46.6 Å². The molecule has 0 spiro atoms. The molecule has 116 valence electrons. The molecule has 0 aliphatic carbocycles. The molecule has 0 amide bonds. The minimum atomic E-state index is -0.533. The van der Waals surface area contributed by atoms with E-state index < -0.39 is 11.6 Å². The summed E-state index contributed by atoms with van der Waals surface area (Å²) in [7, 11) is 0. The third kappa shape index (κ3) is 7.02. The lowest BCUT2D eigenvalue weighted by Crippen LogP contribution is -2.31. The molecule has 0 aliphatic rings. The smallest absolute Gasteiger partial charge is 0.331 e. The summed E-state index contributed by atoms with van der Waals surface area (Å²) in [4.78, 5) is 16.5. The predicted molar refractivity (Wildman–Crippen MR) is 83.1 cm³/mol. The number of ether oxygens (including phenoxy) is 1. The maximum Gasteiger partial charge on any atom is 0.331 e. The van der Waals surface area contributed by atoms with Crippen molar-refractivity contribution in [3.8, 4) is 0 Å². The van der Waals surface area contributed by atoms with Gasteiger partial charge in [0.1, 0.15) is 17.5 Å². The molecule has 1 aromatic rings. The zero-order chi connectivity index (χ0) is 16.0. The Bertz CT molecular complexity index is 487. The van der Waals surface area contributed by atoms with Gasteiger partial charge in [-0.15, -0.1) is 0 Å². The SMILES string of the molecule is CC(C)CC(N=Cc1ccc(F)cc1)C(=O)OC(C)(C)C. The molecule has 0 saturated carbocycles. The van der Waals surface area contributed by atoms with Gasteiger partial charge >= 0.3 is 5.97 Å². The number of aliphatic imine (C=N–C) groups is 1. The molecule has 21 heavy (non-hydrogen) atoms. The third-order valence-electron chi connectivity index (χ3n) is 2.65.